The molecule has 1 aromatic carbocycles. The van der Waals surface area contributed by atoms with E-state index in [0.717, 1.165) is 11.1 Å². The Morgan fingerprint density at radius 1 is 1.40 bits per heavy atom. The second-order valence-corrected chi connectivity index (χ2v) is 3.62. The number of rotatable bonds is 2. The molecular formula is C12H15FN2. The number of nitrogens with zero attached hydrogens (tertiary/aromatic N) is 1. The quantitative estimate of drug-likeness (QED) is 0.584. The molecule has 0 fully saturated rings. The van der Waals surface area contributed by atoms with Gasteiger partial charge in [0.05, 0.1) is 0 Å². The van der Waals surface area contributed by atoms with E-state index >= 15 is 0 Å². The van der Waals surface area contributed by atoms with Gasteiger partial charge >= 0.3 is 0 Å². The van der Waals surface area contributed by atoms with Crippen LogP contribution in [-0.4, -0.2) is 24.8 Å². The van der Waals surface area contributed by atoms with Gasteiger partial charge in [-0.2, -0.15) is 0 Å². The van der Waals surface area contributed by atoms with Crippen molar-refractivity contribution in [2.24, 2.45) is 0 Å². The molecule has 80 valence electrons. The summed E-state index contributed by atoms with van der Waals surface area (Å²) in [6.07, 6.45) is 1.72. The first-order valence-corrected chi connectivity index (χ1v) is 4.71. The molecule has 1 aromatic rings. The van der Waals surface area contributed by atoms with Crippen LogP contribution in [0, 0.1) is 11.2 Å². The summed E-state index contributed by atoms with van der Waals surface area (Å²) in [5, 5.41) is 7.63. The third kappa shape index (κ3) is 3.20. The van der Waals surface area contributed by atoms with Gasteiger partial charge in [-0.05, 0) is 36.3 Å². The summed E-state index contributed by atoms with van der Waals surface area (Å²) >= 11 is 0. The predicted octanol–water partition coefficient (Wildman–Crippen LogP) is 2.77. The van der Waals surface area contributed by atoms with E-state index in [2.05, 4.69) is 0 Å². The normalized spacial score (nSPS) is 11.3. The van der Waals surface area contributed by atoms with Crippen molar-refractivity contribution in [3.8, 4) is 0 Å². The van der Waals surface area contributed by atoms with Crippen LogP contribution >= 0.6 is 0 Å². The van der Waals surface area contributed by atoms with Gasteiger partial charge in [0.25, 0.3) is 0 Å². The van der Waals surface area contributed by atoms with Crippen LogP contribution in [0.3, 0.4) is 0 Å². The minimum atomic E-state index is -0.253. The first-order valence-electron chi connectivity index (χ1n) is 4.71. The van der Waals surface area contributed by atoms with Gasteiger partial charge in [-0.3, -0.25) is 5.41 Å². The summed E-state index contributed by atoms with van der Waals surface area (Å²) in [6.45, 7) is 1.87. The van der Waals surface area contributed by atoms with Crippen molar-refractivity contribution in [3.63, 3.8) is 0 Å². The zero-order valence-electron chi connectivity index (χ0n) is 9.21. The van der Waals surface area contributed by atoms with E-state index in [9.17, 15) is 4.39 Å². The molecule has 0 aromatic heterocycles. The van der Waals surface area contributed by atoms with Crippen LogP contribution in [0.4, 0.5) is 4.39 Å². The molecule has 1 N–H and O–H groups in total. The molecule has 1 rings (SSSR count). The van der Waals surface area contributed by atoms with E-state index in [1.54, 1.807) is 31.1 Å². The Morgan fingerprint density at radius 2 is 2.07 bits per heavy atom. The number of amidine groups is 1. The molecule has 0 heterocycles. The lowest BCUT2D eigenvalue weighted by atomic mass is 10.1. The van der Waals surface area contributed by atoms with Gasteiger partial charge in [-0.1, -0.05) is 12.1 Å². The fraction of sp³-hybridized carbons (Fsp3) is 0.250. The van der Waals surface area contributed by atoms with E-state index in [1.165, 1.54) is 12.1 Å². The van der Waals surface area contributed by atoms with Crippen molar-refractivity contribution in [1.82, 2.24) is 4.90 Å². The van der Waals surface area contributed by atoms with Crippen molar-refractivity contribution in [3.05, 3.63) is 41.7 Å². The van der Waals surface area contributed by atoms with Gasteiger partial charge in [0, 0.05) is 14.1 Å². The first-order chi connectivity index (χ1) is 7.00. The van der Waals surface area contributed by atoms with Gasteiger partial charge in [0.2, 0.25) is 0 Å². The third-order valence-corrected chi connectivity index (χ3v) is 2.11. The lowest BCUT2D eigenvalue weighted by molar-refractivity contribution is 0.622. The Labute approximate surface area is 89.5 Å². The van der Waals surface area contributed by atoms with Crippen molar-refractivity contribution in [1.29, 1.82) is 5.41 Å². The number of hydrogen-bond donors (Lipinski definition) is 1. The second-order valence-electron chi connectivity index (χ2n) is 3.62. The van der Waals surface area contributed by atoms with Gasteiger partial charge < -0.3 is 4.90 Å². The van der Waals surface area contributed by atoms with Crippen LogP contribution in [0.25, 0.3) is 5.57 Å². The molecule has 15 heavy (non-hydrogen) atoms. The maximum absolute atomic E-state index is 12.9. The average molecular weight is 206 g/mol. The molecule has 0 radical (unpaired) electrons. The highest BCUT2D eigenvalue weighted by molar-refractivity contribution is 5.96. The summed E-state index contributed by atoms with van der Waals surface area (Å²) in [4.78, 5) is 1.70. The zero-order valence-corrected chi connectivity index (χ0v) is 9.21. The zero-order chi connectivity index (χ0) is 11.4. The molecule has 3 heteroatoms. The number of nitrogens with one attached hydrogen (secondary N) is 1. The summed E-state index contributed by atoms with van der Waals surface area (Å²) in [6, 6.07) is 6.38. The van der Waals surface area contributed by atoms with E-state index in [0.29, 0.717) is 5.84 Å². The Balaban J connectivity index is 2.94. The molecule has 0 aliphatic rings. The number of benzene rings is 1. The van der Waals surface area contributed by atoms with Gasteiger partial charge in [-0.15, -0.1) is 0 Å². The Hall–Kier alpha value is -1.64. The van der Waals surface area contributed by atoms with Crippen molar-refractivity contribution in [2.45, 2.75) is 6.92 Å². The topological polar surface area (TPSA) is 27.1 Å². The molecule has 0 atom stereocenters. The minimum Gasteiger partial charge on any atom is -0.363 e. The molecular weight excluding hydrogens is 191 g/mol. The maximum Gasteiger partial charge on any atom is 0.123 e. The van der Waals surface area contributed by atoms with Gasteiger partial charge in [0.15, 0.2) is 0 Å². The number of hydrogen-bond acceptors (Lipinski definition) is 1. The Bertz CT molecular complexity index is 394. The van der Waals surface area contributed by atoms with Crippen LogP contribution in [0.15, 0.2) is 30.3 Å². The molecule has 0 unspecified atom stereocenters. The molecule has 0 aliphatic heterocycles. The predicted molar refractivity (Wildman–Crippen MR) is 61.5 cm³/mol. The summed E-state index contributed by atoms with van der Waals surface area (Å²) in [7, 11) is 3.61. The molecule has 0 saturated carbocycles. The lowest BCUT2D eigenvalue weighted by Crippen LogP contribution is -2.18. The van der Waals surface area contributed by atoms with E-state index < -0.39 is 0 Å². The van der Waals surface area contributed by atoms with E-state index in [4.69, 9.17) is 5.41 Å². The molecule has 0 spiro atoms. The fourth-order valence-corrected chi connectivity index (χ4v) is 1.15. The maximum atomic E-state index is 12.9. The summed E-state index contributed by atoms with van der Waals surface area (Å²) in [5.74, 6) is 0.147. The Morgan fingerprint density at radius 3 is 2.60 bits per heavy atom. The van der Waals surface area contributed by atoms with Crippen LogP contribution in [0.2, 0.25) is 0 Å². The number of likely N-dealkylation sites (N-methyl/N-ethyl adjacent to an activating group) is 1. The second kappa shape index (κ2) is 4.73. The van der Waals surface area contributed by atoms with Crippen molar-refractivity contribution in [2.75, 3.05) is 14.1 Å². The SMILES string of the molecule is C/C(=C\C(=N)N(C)C)c1cccc(F)c1. The molecule has 0 bridgehead atoms. The average Bonchev–Trinajstić information content (AvgIpc) is 2.17. The molecule has 2 nitrogen and oxygen atoms in total. The highest BCUT2D eigenvalue weighted by Crippen LogP contribution is 2.14. The number of halogens is 1. The van der Waals surface area contributed by atoms with E-state index in [1.807, 2.05) is 13.0 Å². The number of allylic oxidation sites excluding steroid dienone is 1. The molecule has 0 saturated heterocycles. The highest BCUT2D eigenvalue weighted by atomic mass is 19.1. The van der Waals surface area contributed by atoms with E-state index in [-0.39, 0.29) is 5.82 Å². The van der Waals surface area contributed by atoms with Crippen LogP contribution in [-0.2, 0) is 0 Å². The summed E-state index contributed by atoms with van der Waals surface area (Å²) < 4.78 is 12.9. The molecule has 0 amide bonds. The van der Waals surface area contributed by atoms with Crippen molar-refractivity contribution < 1.29 is 4.39 Å². The lowest BCUT2D eigenvalue weighted by Gasteiger charge is -2.11. The van der Waals surface area contributed by atoms with Crippen molar-refractivity contribution >= 4 is 11.4 Å². The third-order valence-electron chi connectivity index (χ3n) is 2.11. The van der Waals surface area contributed by atoms with Crippen LogP contribution in [0.5, 0.6) is 0 Å². The smallest absolute Gasteiger partial charge is 0.123 e. The first kappa shape index (κ1) is 11.4. The van der Waals surface area contributed by atoms with Gasteiger partial charge in [0.1, 0.15) is 11.7 Å². The largest absolute Gasteiger partial charge is 0.363 e. The Kier molecular flexibility index (Phi) is 3.61. The fourth-order valence-electron chi connectivity index (χ4n) is 1.15. The summed E-state index contributed by atoms with van der Waals surface area (Å²) in [5.41, 5.74) is 1.69. The highest BCUT2D eigenvalue weighted by Gasteiger charge is 2.00. The van der Waals surface area contributed by atoms with Crippen LogP contribution < -0.4 is 0 Å². The monoisotopic (exact) mass is 206 g/mol. The standard InChI is InChI=1S/C12H15FN2/c1-9(7-12(14)15(2)3)10-5-4-6-11(13)8-10/h4-8,14H,1-3H3/b9-7+,14-12?. The van der Waals surface area contributed by atoms with Gasteiger partial charge in [-0.25, -0.2) is 4.39 Å². The van der Waals surface area contributed by atoms with Crippen LogP contribution in [0.1, 0.15) is 12.5 Å². The molecule has 0 aliphatic carbocycles. The minimum absolute atomic E-state index is 0.253.